The SMILES string of the molecule is O=C(O)N(S)S.[C-]#N.[Zn]. The molecule has 0 fully saturated rings. The van der Waals surface area contributed by atoms with Gasteiger partial charge in [-0.15, -0.1) is 0 Å². The number of carbonyl (C=O) groups is 1. The van der Waals surface area contributed by atoms with E-state index in [0.29, 0.717) is 3.71 Å². The Morgan fingerprint density at radius 3 is 1.67 bits per heavy atom. The van der Waals surface area contributed by atoms with E-state index in [1.807, 2.05) is 0 Å². The van der Waals surface area contributed by atoms with Gasteiger partial charge in [-0.2, -0.15) is 3.71 Å². The summed E-state index contributed by atoms with van der Waals surface area (Å²) in [6.07, 6.45) is -1.18. The smallest absolute Gasteiger partial charge is 0.427 e. The van der Waals surface area contributed by atoms with Crippen molar-refractivity contribution in [2.45, 2.75) is 0 Å². The molecule has 9 heavy (non-hydrogen) atoms. The van der Waals surface area contributed by atoms with Crippen LogP contribution in [0.1, 0.15) is 0 Å². The Kier molecular flexibility index (Phi) is 19.5. The Bertz CT molecular complexity index is 95.8. The second kappa shape index (κ2) is 11.0. The predicted octanol–water partition coefficient (Wildman–Crippen LogP) is 0.750. The first-order valence-electron chi connectivity index (χ1n) is 1.27. The van der Waals surface area contributed by atoms with E-state index in [2.05, 4.69) is 25.6 Å². The van der Waals surface area contributed by atoms with Crippen molar-refractivity contribution < 1.29 is 29.4 Å². The summed E-state index contributed by atoms with van der Waals surface area (Å²) in [7, 11) is 0. The maximum Gasteiger partial charge on any atom is 0.427 e. The molecule has 0 bridgehead atoms. The van der Waals surface area contributed by atoms with Gasteiger partial charge in [-0.25, -0.2) is 4.79 Å². The fraction of sp³-hybridized carbons (Fsp3) is 0. The van der Waals surface area contributed by atoms with Gasteiger partial charge in [-0.1, -0.05) is 0 Å². The van der Waals surface area contributed by atoms with Crippen molar-refractivity contribution in [1.82, 2.24) is 3.71 Å². The molecule has 1 amide bonds. The predicted molar refractivity (Wildman–Crippen MR) is 32.8 cm³/mol. The maximum atomic E-state index is 9.47. The first-order valence-corrected chi connectivity index (χ1v) is 2.07. The fourth-order valence-corrected chi connectivity index (χ4v) is 0. The zero-order valence-electron chi connectivity index (χ0n) is 4.35. The second-order valence-corrected chi connectivity index (χ2v) is 1.69. The third kappa shape index (κ3) is 17.9. The van der Waals surface area contributed by atoms with Crippen molar-refractivity contribution in [2.75, 3.05) is 0 Å². The van der Waals surface area contributed by atoms with E-state index in [9.17, 15) is 4.79 Å². The number of carboxylic acid groups (broad SMARTS) is 1. The molecular weight excluding hydrogens is 214 g/mol. The van der Waals surface area contributed by atoms with Crippen LogP contribution in [0.25, 0.3) is 0 Å². The standard InChI is InChI=1S/CH3NO2S2.CN.Zn/c3-1(4)2(5)6;1-2;/h5-6H,(H,3,4);;/q;-1;. The molecule has 0 heterocycles. The van der Waals surface area contributed by atoms with E-state index in [0.717, 1.165) is 0 Å². The molecule has 0 unspecified atom stereocenters. The van der Waals surface area contributed by atoms with Crippen LogP contribution in [-0.2, 0) is 19.5 Å². The van der Waals surface area contributed by atoms with Crippen molar-refractivity contribution >= 4 is 31.7 Å². The van der Waals surface area contributed by atoms with Crippen LogP contribution in [0.2, 0.25) is 0 Å². The molecule has 0 rings (SSSR count). The van der Waals surface area contributed by atoms with Gasteiger partial charge in [0.25, 0.3) is 0 Å². The summed E-state index contributed by atoms with van der Waals surface area (Å²) in [6.45, 7) is 4.75. The summed E-state index contributed by atoms with van der Waals surface area (Å²) >= 11 is 6.58. The van der Waals surface area contributed by atoms with Crippen LogP contribution in [0.15, 0.2) is 0 Å². The number of rotatable bonds is 0. The van der Waals surface area contributed by atoms with Crippen LogP contribution < -0.4 is 0 Å². The first-order chi connectivity index (χ1) is 3.64. The topological polar surface area (TPSA) is 64.3 Å². The maximum absolute atomic E-state index is 9.47. The number of hydrogen-bond donors (Lipinski definition) is 3. The van der Waals surface area contributed by atoms with E-state index in [1.54, 1.807) is 0 Å². The van der Waals surface area contributed by atoms with Gasteiger partial charge in [0.2, 0.25) is 0 Å². The third-order valence-electron chi connectivity index (χ3n) is 0.171. The number of hydrogen-bond acceptors (Lipinski definition) is 4. The van der Waals surface area contributed by atoms with E-state index < -0.39 is 6.09 Å². The average Bonchev–Trinajstić information content (AvgIpc) is 1.72. The molecule has 0 saturated heterocycles. The largest absolute Gasteiger partial charge is 0.512 e. The normalized spacial score (nSPS) is 5.33. The summed E-state index contributed by atoms with van der Waals surface area (Å²) in [5.74, 6) is 0. The monoisotopic (exact) mass is 215 g/mol. The Hall–Kier alpha value is 0.0834. The Balaban J connectivity index is -0.000000109. The van der Waals surface area contributed by atoms with Crippen molar-refractivity contribution in [1.29, 1.82) is 5.26 Å². The van der Waals surface area contributed by atoms with Crippen molar-refractivity contribution in [3.63, 3.8) is 0 Å². The molecule has 0 aromatic carbocycles. The summed E-state index contributed by atoms with van der Waals surface area (Å²) in [5.41, 5.74) is 0. The van der Waals surface area contributed by atoms with E-state index in [4.69, 9.17) is 16.9 Å². The third-order valence-corrected chi connectivity index (χ3v) is 0.513. The minimum Gasteiger partial charge on any atom is -0.512 e. The molecular formula is C2H3N2O2S2Zn-. The molecule has 0 atom stereocenters. The molecule has 0 aromatic heterocycles. The quantitative estimate of drug-likeness (QED) is 0.318. The van der Waals surface area contributed by atoms with Gasteiger partial charge in [-0.05, 0) is 25.6 Å². The molecule has 0 radical (unpaired) electrons. The minimum absolute atomic E-state index is 0. The first kappa shape index (κ1) is 16.0. The van der Waals surface area contributed by atoms with E-state index >= 15 is 0 Å². The summed E-state index contributed by atoms with van der Waals surface area (Å²) in [5, 5.41) is 14.0. The summed E-state index contributed by atoms with van der Waals surface area (Å²) in [4.78, 5) is 9.47. The van der Waals surface area contributed by atoms with Crippen molar-refractivity contribution in [3.05, 3.63) is 6.57 Å². The van der Waals surface area contributed by atoms with E-state index in [-0.39, 0.29) is 19.5 Å². The van der Waals surface area contributed by atoms with Crippen molar-refractivity contribution in [2.24, 2.45) is 0 Å². The number of amides is 1. The van der Waals surface area contributed by atoms with Gasteiger partial charge in [-0.3, -0.25) is 0 Å². The molecule has 0 aliphatic rings. The molecule has 1 N–H and O–H groups in total. The van der Waals surface area contributed by atoms with Gasteiger partial charge >= 0.3 is 6.09 Å². The number of nitrogens with zero attached hydrogens (tertiary/aromatic N) is 2. The fourth-order valence-electron chi connectivity index (χ4n) is 0. The molecule has 0 spiro atoms. The van der Waals surface area contributed by atoms with Crippen LogP contribution in [0.5, 0.6) is 0 Å². The zero-order chi connectivity index (χ0) is 7.15. The molecule has 4 nitrogen and oxygen atoms in total. The molecule has 0 saturated carbocycles. The molecule has 0 aliphatic heterocycles. The van der Waals surface area contributed by atoms with E-state index in [1.165, 1.54) is 0 Å². The van der Waals surface area contributed by atoms with Gasteiger partial charge < -0.3 is 16.9 Å². The molecule has 48 valence electrons. The van der Waals surface area contributed by atoms with Gasteiger partial charge in [0.15, 0.2) is 0 Å². The average molecular weight is 217 g/mol. The zero-order valence-corrected chi connectivity index (χ0v) is 9.11. The molecule has 7 heteroatoms. The Morgan fingerprint density at radius 2 is 1.67 bits per heavy atom. The van der Waals surface area contributed by atoms with Crippen LogP contribution in [0, 0.1) is 11.8 Å². The van der Waals surface area contributed by atoms with Crippen LogP contribution in [0.4, 0.5) is 4.79 Å². The Labute approximate surface area is 76.7 Å². The van der Waals surface area contributed by atoms with Crippen molar-refractivity contribution in [3.8, 4) is 0 Å². The Morgan fingerprint density at radius 1 is 1.56 bits per heavy atom. The summed E-state index contributed by atoms with van der Waals surface area (Å²) < 4.78 is 0.472. The van der Waals surface area contributed by atoms with Gasteiger partial charge in [0.1, 0.15) is 0 Å². The minimum atomic E-state index is -1.18. The van der Waals surface area contributed by atoms with Crippen LogP contribution in [0.3, 0.4) is 0 Å². The number of thiol groups is 2. The summed E-state index contributed by atoms with van der Waals surface area (Å²) in [6, 6.07) is 0. The second-order valence-electron chi connectivity index (χ2n) is 0.572. The van der Waals surface area contributed by atoms with Gasteiger partial charge in [0.05, 0.1) is 0 Å². The van der Waals surface area contributed by atoms with Gasteiger partial charge in [0, 0.05) is 19.5 Å². The van der Waals surface area contributed by atoms with Crippen LogP contribution >= 0.6 is 25.6 Å². The molecule has 0 aliphatic carbocycles. The molecule has 0 aromatic rings. The van der Waals surface area contributed by atoms with Crippen LogP contribution in [-0.4, -0.2) is 14.9 Å².